The molecule has 2 nitrogen and oxygen atoms in total. The van der Waals surface area contributed by atoms with Crippen molar-refractivity contribution in [3.8, 4) is 0 Å². The zero-order valence-electron chi connectivity index (χ0n) is 10.5. The molecule has 0 aromatic carbocycles. The highest BCUT2D eigenvalue weighted by molar-refractivity contribution is 4.70. The molecule has 1 atom stereocenters. The van der Waals surface area contributed by atoms with E-state index in [9.17, 15) is 0 Å². The molecule has 14 heavy (non-hydrogen) atoms. The van der Waals surface area contributed by atoms with Gasteiger partial charge in [-0.1, -0.05) is 27.7 Å². The molecular weight excluding hydrogens is 174 g/mol. The summed E-state index contributed by atoms with van der Waals surface area (Å²) >= 11 is 0. The van der Waals surface area contributed by atoms with Crippen molar-refractivity contribution in [3.05, 3.63) is 0 Å². The quantitative estimate of drug-likeness (QED) is 0.652. The fourth-order valence-electron chi connectivity index (χ4n) is 1.29. The van der Waals surface area contributed by atoms with Crippen LogP contribution in [-0.4, -0.2) is 25.8 Å². The maximum atomic E-state index is 5.45. The van der Waals surface area contributed by atoms with Gasteiger partial charge in [0.05, 0.1) is 6.61 Å². The van der Waals surface area contributed by atoms with Gasteiger partial charge in [-0.3, -0.25) is 0 Å². The fraction of sp³-hybridized carbons (Fsp3) is 1.00. The molecular formula is C12H27NO. The Bertz CT molecular complexity index is 123. The van der Waals surface area contributed by atoms with Crippen LogP contribution in [-0.2, 0) is 4.74 Å². The molecule has 0 bridgehead atoms. The molecule has 0 aliphatic rings. The smallest absolute Gasteiger partial charge is 0.0621 e. The topological polar surface area (TPSA) is 21.3 Å². The van der Waals surface area contributed by atoms with Gasteiger partial charge in [-0.15, -0.1) is 0 Å². The fourth-order valence-corrected chi connectivity index (χ4v) is 1.29. The normalized spacial score (nSPS) is 13.9. The van der Waals surface area contributed by atoms with E-state index < -0.39 is 0 Å². The van der Waals surface area contributed by atoms with E-state index in [1.54, 1.807) is 0 Å². The third kappa shape index (κ3) is 7.34. The van der Waals surface area contributed by atoms with Crippen LogP contribution in [0.5, 0.6) is 0 Å². The lowest BCUT2D eigenvalue weighted by Crippen LogP contribution is -2.38. The molecule has 0 amide bonds. The highest BCUT2D eigenvalue weighted by atomic mass is 16.5. The predicted molar refractivity (Wildman–Crippen MR) is 62.6 cm³/mol. The Kier molecular flexibility index (Phi) is 8.20. The molecule has 1 N–H and O–H groups in total. The summed E-state index contributed by atoms with van der Waals surface area (Å²) in [6, 6.07) is 0.508. The minimum absolute atomic E-state index is 0.508. The van der Waals surface area contributed by atoms with Gasteiger partial charge >= 0.3 is 0 Å². The summed E-state index contributed by atoms with van der Waals surface area (Å²) < 4.78 is 5.45. The van der Waals surface area contributed by atoms with Crippen molar-refractivity contribution in [2.24, 2.45) is 11.8 Å². The van der Waals surface area contributed by atoms with E-state index in [0.717, 1.165) is 25.7 Å². The molecule has 0 aliphatic heterocycles. The zero-order valence-corrected chi connectivity index (χ0v) is 10.5. The van der Waals surface area contributed by atoms with Crippen LogP contribution in [0.3, 0.4) is 0 Å². The summed E-state index contributed by atoms with van der Waals surface area (Å²) in [7, 11) is 0. The largest absolute Gasteiger partial charge is 0.380 e. The number of rotatable bonds is 8. The number of nitrogens with one attached hydrogen (secondary N) is 1. The minimum Gasteiger partial charge on any atom is -0.380 e. The second-order valence-electron chi connectivity index (χ2n) is 4.65. The minimum atomic E-state index is 0.508. The maximum absolute atomic E-state index is 5.45. The van der Waals surface area contributed by atoms with Gasteiger partial charge in [0.15, 0.2) is 0 Å². The predicted octanol–water partition coefficient (Wildman–Crippen LogP) is 2.68. The van der Waals surface area contributed by atoms with E-state index in [1.807, 2.05) is 6.92 Å². The highest BCUT2D eigenvalue weighted by Gasteiger charge is 2.12. The van der Waals surface area contributed by atoms with Crippen molar-refractivity contribution >= 4 is 0 Å². The summed E-state index contributed by atoms with van der Waals surface area (Å²) in [6.07, 6.45) is 1.25. The van der Waals surface area contributed by atoms with Crippen LogP contribution in [0.4, 0.5) is 0 Å². The molecule has 0 saturated carbocycles. The number of ether oxygens (including phenoxy) is 1. The molecule has 0 rings (SSSR count). The molecule has 0 saturated heterocycles. The SMILES string of the molecule is CCOCC(NCCC(C)C)C(C)C. The second-order valence-corrected chi connectivity index (χ2v) is 4.65. The Morgan fingerprint density at radius 3 is 2.21 bits per heavy atom. The first-order valence-electron chi connectivity index (χ1n) is 5.89. The van der Waals surface area contributed by atoms with Gasteiger partial charge in [-0.05, 0) is 31.7 Å². The van der Waals surface area contributed by atoms with Gasteiger partial charge in [-0.2, -0.15) is 0 Å². The lowest BCUT2D eigenvalue weighted by Gasteiger charge is -2.22. The van der Waals surface area contributed by atoms with Crippen molar-refractivity contribution in [2.75, 3.05) is 19.8 Å². The summed E-state index contributed by atoms with van der Waals surface area (Å²) in [5.41, 5.74) is 0. The van der Waals surface area contributed by atoms with E-state index in [-0.39, 0.29) is 0 Å². The maximum Gasteiger partial charge on any atom is 0.0621 e. The van der Waals surface area contributed by atoms with Gasteiger partial charge in [0.25, 0.3) is 0 Å². The van der Waals surface area contributed by atoms with Crippen LogP contribution >= 0.6 is 0 Å². The van der Waals surface area contributed by atoms with Crippen LogP contribution < -0.4 is 5.32 Å². The highest BCUT2D eigenvalue weighted by Crippen LogP contribution is 2.04. The van der Waals surface area contributed by atoms with Gasteiger partial charge < -0.3 is 10.1 Å². The lowest BCUT2D eigenvalue weighted by atomic mass is 10.0. The Morgan fingerprint density at radius 2 is 1.79 bits per heavy atom. The Balaban J connectivity index is 3.62. The van der Waals surface area contributed by atoms with Crippen molar-refractivity contribution in [2.45, 2.75) is 47.1 Å². The summed E-state index contributed by atoms with van der Waals surface area (Å²) in [4.78, 5) is 0. The molecule has 86 valence electrons. The third-order valence-electron chi connectivity index (χ3n) is 2.43. The van der Waals surface area contributed by atoms with Gasteiger partial charge in [-0.25, -0.2) is 0 Å². The Morgan fingerprint density at radius 1 is 1.14 bits per heavy atom. The van der Waals surface area contributed by atoms with Crippen molar-refractivity contribution in [1.82, 2.24) is 5.32 Å². The molecule has 0 spiro atoms. The average Bonchev–Trinajstić information content (AvgIpc) is 2.09. The summed E-state index contributed by atoms with van der Waals surface area (Å²) in [5.74, 6) is 1.43. The van der Waals surface area contributed by atoms with E-state index >= 15 is 0 Å². The molecule has 0 heterocycles. The summed E-state index contributed by atoms with van der Waals surface area (Å²) in [6.45, 7) is 13.8. The lowest BCUT2D eigenvalue weighted by molar-refractivity contribution is 0.108. The van der Waals surface area contributed by atoms with Crippen LogP contribution in [0, 0.1) is 11.8 Å². The van der Waals surface area contributed by atoms with Gasteiger partial charge in [0, 0.05) is 12.6 Å². The number of hydrogen-bond donors (Lipinski definition) is 1. The monoisotopic (exact) mass is 201 g/mol. The van der Waals surface area contributed by atoms with Crippen molar-refractivity contribution in [3.63, 3.8) is 0 Å². The molecule has 1 unspecified atom stereocenters. The second kappa shape index (κ2) is 8.25. The molecule has 0 aromatic heterocycles. The standard InChI is InChI=1S/C12H27NO/c1-6-14-9-12(11(4)5)13-8-7-10(2)3/h10-13H,6-9H2,1-5H3. The van der Waals surface area contributed by atoms with Crippen LogP contribution in [0.25, 0.3) is 0 Å². The first-order chi connectivity index (χ1) is 6.57. The van der Waals surface area contributed by atoms with Crippen LogP contribution in [0.15, 0.2) is 0 Å². The Labute approximate surface area is 89.4 Å². The van der Waals surface area contributed by atoms with Crippen molar-refractivity contribution < 1.29 is 4.74 Å². The van der Waals surface area contributed by atoms with E-state index in [1.165, 1.54) is 6.42 Å². The molecule has 0 fully saturated rings. The average molecular weight is 201 g/mol. The van der Waals surface area contributed by atoms with Gasteiger partial charge in [0.2, 0.25) is 0 Å². The number of hydrogen-bond acceptors (Lipinski definition) is 2. The third-order valence-corrected chi connectivity index (χ3v) is 2.43. The zero-order chi connectivity index (χ0) is 11.0. The first-order valence-corrected chi connectivity index (χ1v) is 5.89. The summed E-state index contributed by atoms with van der Waals surface area (Å²) in [5, 5.41) is 3.56. The van der Waals surface area contributed by atoms with Crippen molar-refractivity contribution in [1.29, 1.82) is 0 Å². The molecule has 0 radical (unpaired) electrons. The van der Waals surface area contributed by atoms with E-state index in [2.05, 4.69) is 33.0 Å². The van der Waals surface area contributed by atoms with E-state index in [0.29, 0.717) is 12.0 Å². The molecule has 0 aliphatic carbocycles. The first kappa shape index (κ1) is 13.9. The van der Waals surface area contributed by atoms with Crippen LogP contribution in [0.2, 0.25) is 0 Å². The van der Waals surface area contributed by atoms with Crippen LogP contribution in [0.1, 0.15) is 41.0 Å². The van der Waals surface area contributed by atoms with Gasteiger partial charge in [0.1, 0.15) is 0 Å². The van der Waals surface area contributed by atoms with E-state index in [4.69, 9.17) is 4.74 Å². The molecule has 2 heteroatoms. The molecule has 0 aromatic rings. The Hall–Kier alpha value is -0.0800.